The van der Waals surface area contributed by atoms with Gasteiger partial charge in [-0.3, -0.25) is 14.5 Å². The number of benzene rings is 1. The van der Waals surface area contributed by atoms with Crippen molar-refractivity contribution in [1.29, 1.82) is 0 Å². The third-order valence-corrected chi connectivity index (χ3v) is 7.34. The fourth-order valence-electron chi connectivity index (χ4n) is 5.58. The Morgan fingerprint density at radius 2 is 1.82 bits per heavy atom. The first-order chi connectivity index (χ1) is 18.2. The standard InChI is InChI=1S/C27H30F2N6O3/c28-27(29)12-18-14-34(15-19(18)13-27)16-20-8-10-35(33-20)25-21(7-4-9-31-25)26(38)32-22(23(36)24(30)37)11-17-5-2-1-3-6-17/h1-10,18-19,22-23,36H,11-16H2,(H2,30,37)(H,32,38). The molecule has 0 bridgehead atoms. The number of carbonyl (C=O) groups excluding carboxylic acids is 2. The first-order valence-electron chi connectivity index (χ1n) is 12.6. The van der Waals surface area contributed by atoms with Gasteiger partial charge in [-0.05, 0) is 42.0 Å². The van der Waals surface area contributed by atoms with Crippen molar-refractivity contribution < 1.29 is 23.5 Å². The highest BCUT2D eigenvalue weighted by Crippen LogP contribution is 2.46. The summed E-state index contributed by atoms with van der Waals surface area (Å²) in [7, 11) is 0. The van der Waals surface area contributed by atoms with Crippen LogP contribution in [0.1, 0.15) is 34.5 Å². The summed E-state index contributed by atoms with van der Waals surface area (Å²) in [6.45, 7) is 1.76. The molecule has 11 heteroatoms. The summed E-state index contributed by atoms with van der Waals surface area (Å²) in [5, 5.41) is 17.7. The average Bonchev–Trinajstić information content (AvgIpc) is 3.56. The summed E-state index contributed by atoms with van der Waals surface area (Å²) >= 11 is 0. The molecule has 200 valence electrons. The van der Waals surface area contributed by atoms with Crippen molar-refractivity contribution in [2.75, 3.05) is 13.1 Å². The molecule has 1 saturated carbocycles. The van der Waals surface area contributed by atoms with Crippen LogP contribution in [-0.4, -0.2) is 67.7 Å². The highest BCUT2D eigenvalue weighted by atomic mass is 19.3. The van der Waals surface area contributed by atoms with E-state index in [2.05, 4.69) is 20.3 Å². The Balaban J connectivity index is 1.29. The largest absolute Gasteiger partial charge is 0.381 e. The number of alkyl halides is 2. The van der Waals surface area contributed by atoms with Crippen LogP contribution < -0.4 is 11.1 Å². The fraction of sp³-hybridized carbons (Fsp3) is 0.407. The third kappa shape index (κ3) is 5.73. The number of likely N-dealkylation sites (tertiary alicyclic amines) is 1. The summed E-state index contributed by atoms with van der Waals surface area (Å²) in [6.07, 6.45) is 1.74. The van der Waals surface area contributed by atoms with Gasteiger partial charge in [0.05, 0.1) is 17.3 Å². The number of pyridine rings is 1. The molecule has 38 heavy (non-hydrogen) atoms. The SMILES string of the molecule is NC(=O)C(O)C(Cc1ccccc1)NC(=O)c1cccnc1-n1ccc(CN2CC3CC(F)(F)CC3C2)n1. The van der Waals surface area contributed by atoms with Gasteiger partial charge in [-0.15, -0.1) is 0 Å². The highest BCUT2D eigenvalue weighted by molar-refractivity contribution is 5.97. The molecule has 3 aromatic rings. The number of aliphatic hydroxyl groups is 1. The minimum absolute atomic E-state index is 0.0118. The van der Waals surface area contributed by atoms with Gasteiger partial charge in [0.1, 0.15) is 0 Å². The van der Waals surface area contributed by atoms with Gasteiger partial charge in [0.2, 0.25) is 11.8 Å². The van der Waals surface area contributed by atoms with Crippen molar-refractivity contribution in [2.24, 2.45) is 17.6 Å². The second-order valence-electron chi connectivity index (χ2n) is 10.2. The molecule has 5 rings (SSSR count). The Morgan fingerprint density at radius 1 is 1.11 bits per heavy atom. The number of amides is 2. The van der Waals surface area contributed by atoms with E-state index in [0.717, 1.165) is 11.3 Å². The Hall–Kier alpha value is -3.70. The minimum Gasteiger partial charge on any atom is -0.381 e. The normalized spacial score (nSPS) is 22.1. The Kier molecular flexibility index (Phi) is 7.22. The molecule has 4 N–H and O–H groups in total. The molecule has 2 aromatic heterocycles. The second kappa shape index (κ2) is 10.6. The van der Waals surface area contributed by atoms with Crippen LogP contribution >= 0.6 is 0 Å². The monoisotopic (exact) mass is 524 g/mol. The number of halogens is 2. The molecular formula is C27H30F2N6O3. The Labute approximate surface area is 218 Å². The van der Waals surface area contributed by atoms with Gasteiger partial charge in [-0.1, -0.05) is 30.3 Å². The topological polar surface area (TPSA) is 126 Å². The van der Waals surface area contributed by atoms with Crippen LogP contribution in [0.25, 0.3) is 5.82 Å². The predicted molar refractivity (Wildman–Crippen MR) is 134 cm³/mol. The molecule has 3 heterocycles. The summed E-state index contributed by atoms with van der Waals surface area (Å²) in [6, 6.07) is 13.2. The smallest absolute Gasteiger partial charge is 0.255 e. The van der Waals surface area contributed by atoms with Gasteiger partial charge in [0.25, 0.3) is 5.91 Å². The van der Waals surface area contributed by atoms with Crippen molar-refractivity contribution in [3.05, 3.63) is 77.7 Å². The van der Waals surface area contributed by atoms with Gasteiger partial charge in [0, 0.05) is 44.9 Å². The number of aromatic nitrogens is 3. The molecule has 9 nitrogen and oxygen atoms in total. The van der Waals surface area contributed by atoms with Crippen molar-refractivity contribution in [1.82, 2.24) is 25.0 Å². The molecule has 4 unspecified atom stereocenters. The van der Waals surface area contributed by atoms with Gasteiger partial charge in [-0.25, -0.2) is 18.4 Å². The lowest BCUT2D eigenvalue weighted by molar-refractivity contribution is -0.127. The third-order valence-electron chi connectivity index (χ3n) is 7.34. The molecule has 1 aliphatic heterocycles. The van der Waals surface area contributed by atoms with Crippen molar-refractivity contribution in [3.8, 4) is 5.82 Å². The minimum atomic E-state index is -2.55. The summed E-state index contributed by atoms with van der Waals surface area (Å²) in [5.74, 6) is -3.73. The van der Waals surface area contributed by atoms with Crippen molar-refractivity contribution in [3.63, 3.8) is 0 Å². The molecule has 1 aliphatic carbocycles. The maximum Gasteiger partial charge on any atom is 0.255 e. The van der Waals surface area contributed by atoms with Crippen LogP contribution in [0.5, 0.6) is 0 Å². The van der Waals surface area contributed by atoms with E-state index in [1.165, 1.54) is 10.9 Å². The molecule has 2 fully saturated rings. The molecule has 0 spiro atoms. The molecule has 2 aliphatic rings. The second-order valence-corrected chi connectivity index (χ2v) is 10.2. The van der Waals surface area contributed by atoms with E-state index in [1.807, 2.05) is 36.4 Å². The van der Waals surface area contributed by atoms with Crippen LogP contribution in [0.3, 0.4) is 0 Å². The van der Waals surface area contributed by atoms with E-state index in [9.17, 15) is 23.5 Å². The zero-order chi connectivity index (χ0) is 26.9. The lowest BCUT2D eigenvalue weighted by Crippen LogP contribution is -2.50. The molecule has 1 aromatic carbocycles. The maximum absolute atomic E-state index is 13.7. The summed E-state index contributed by atoms with van der Waals surface area (Å²) in [4.78, 5) is 31.5. The number of hydrogen-bond acceptors (Lipinski definition) is 6. The van der Waals surface area contributed by atoms with E-state index in [4.69, 9.17) is 5.73 Å². The number of hydrogen-bond donors (Lipinski definition) is 3. The van der Waals surface area contributed by atoms with E-state index < -0.39 is 29.9 Å². The molecular weight excluding hydrogens is 494 g/mol. The zero-order valence-electron chi connectivity index (χ0n) is 20.7. The first-order valence-corrected chi connectivity index (χ1v) is 12.6. The van der Waals surface area contributed by atoms with Crippen LogP contribution in [0, 0.1) is 11.8 Å². The lowest BCUT2D eigenvalue weighted by atomic mass is 10.0. The van der Waals surface area contributed by atoms with E-state index in [-0.39, 0.29) is 42.5 Å². The Bertz CT molecular complexity index is 1280. The maximum atomic E-state index is 13.7. The predicted octanol–water partition coefficient (Wildman–Crippen LogP) is 1.93. The number of nitrogens with two attached hydrogens (primary N) is 1. The molecule has 4 atom stereocenters. The number of nitrogens with one attached hydrogen (secondary N) is 1. The number of fused-ring (bicyclic) bond motifs is 1. The number of aliphatic hydroxyl groups excluding tert-OH is 1. The van der Waals surface area contributed by atoms with Crippen LogP contribution in [0.4, 0.5) is 8.78 Å². The summed E-state index contributed by atoms with van der Waals surface area (Å²) in [5.41, 5.74) is 7.09. The quantitative estimate of drug-likeness (QED) is 0.393. The van der Waals surface area contributed by atoms with E-state index in [0.29, 0.717) is 19.6 Å². The van der Waals surface area contributed by atoms with Gasteiger partial charge in [0.15, 0.2) is 11.9 Å². The highest BCUT2D eigenvalue weighted by Gasteiger charge is 2.50. The number of rotatable bonds is 9. The number of primary amides is 1. The van der Waals surface area contributed by atoms with Crippen LogP contribution in [-0.2, 0) is 17.8 Å². The van der Waals surface area contributed by atoms with E-state index in [1.54, 1.807) is 18.3 Å². The van der Waals surface area contributed by atoms with E-state index >= 15 is 0 Å². The zero-order valence-corrected chi connectivity index (χ0v) is 20.7. The molecule has 0 radical (unpaired) electrons. The van der Waals surface area contributed by atoms with Gasteiger partial charge >= 0.3 is 0 Å². The number of carbonyl (C=O) groups is 2. The van der Waals surface area contributed by atoms with Gasteiger partial charge in [-0.2, -0.15) is 5.10 Å². The molecule has 2 amide bonds. The summed E-state index contributed by atoms with van der Waals surface area (Å²) < 4.78 is 28.8. The molecule has 1 saturated heterocycles. The number of nitrogens with zero attached hydrogens (tertiary/aromatic N) is 4. The van der Waals surface area contributed by atoms with Crippen LogP contribution in [0.2, 0.25) is 0 Å². The average molecular weight is 525 g/mol. The first kappa shape index (κ1) is 25.9. The van der Waals surface area contributed by atoms with Crippen molar-refractivity contribution >= 4 is 11.8 Å². The van der Waals surface area contributed by atoms with Crippen molar-refractivity contribution in [2.45, 2.75) is 43.9 Å². The fourth-order valence-corrected chi connectivity index (χ4v) is 5.58. The Morgan fingerprint density at radius 3 is 2.50 bits per heavy atom. The van der Waals surface area contributed by atoms with Crippen LogP contribution in [0.15, 0.2) is 60.9 Å². The van der Waals surface area contributed by atoms with Gasteiger partial charge < -0.3 is 16.2 Å². The lowest BCUT2D eigenvalue weighted by Gasteiger charge is -2.22.